The Morgan fingerprint density at radius 1 is 0.957 bits per heavy atom. The molecule has 1 aromatic rings. The fourth-order valence-corrected chi connectivity index (χ4v) is 2.65. The summed E-state index contributed by atoms with van der Waals surface area (Å²) in [6, 6.07) is 6.00. The van der Waals surface area contributed by atoms with Crippen molar-refractivity contribution in [3.05, 3.63) is 29.3 Å². The molecular formula is C19H30N2O2. The van der Waals surface area contributed by atoms with E-state index in [0.29, 0.717) is 13.1 Å². The molecule has 4 nitrogen and oxygen atoms in total. The van der Waals surface area contributed by atoms with Crippen molar-refractivity contribution >= 4 is 17.5 Å². The van der Waals surface area contributed by atoms with E-state index in [0.717, 1.165) is 48.9 Å². The van der Waals surface area contributed by atoms with Crippen molar-refractivity contribution in [3.8, 4) is 0 Å². The van der Waals surface area contributed by atoms with Crippen molar-refractivity contribution in [1.82, 2.24) is 4.90 Å². The monoisotopic (exact) mass is 318 g/mol. The lowest BCUT2D eigenvalue weighted by molar-refractivity contribution is -0.143. The largest absolute Gasteiger partial charge is 0.334 e. The molecule has 0 heterocycles. The number of hydrogen-bond acceptors (Lipinski definition) is 2. The lowest BCUT2D eigenvalue weighted by Gasteiger charge is -2.22. The van der Waals surface area contributed by atoms with Crippen molar-refractivity contribution in [2.75, 3.05) is 18.4 Å². The SMILES string of the molecule is CCCCN(CCC)C(=O)C(=O)Nc1c(CC)cccc1CC. The van der Waals surface area contributed by atoms with Gasteiger partial charge in [-0.2, -0.15) is 0 Å². The van der Waals surface area contributed by atoms with E-state index in [9.17, 15) is 9.59 Å². The average Bonchev–Trinajstić information content (AvgIpc) is 2.57. The predicted octanol–water partition coefficient (Wildman–Crippen LogP) is 3.79. The van der Waals surface area contributed by atoms with Gasteiger partial charge < -0.3 is 10.2 Å². The quantitative estimate of drug-likeness (QED) is 0.741. The van der Waals surface area contributed by atoms with Gasteiger partial charge in [0.2, 0.25) is 0 Å². The van der Waals surface area contributed by atoms with Crippen molar-refractivity contribution in [2.45, 2.75) is 59.8 Å². The molecule has 0 saturated heterocycles. The molecule has 0 aromatic heterocycles. The van der Waals surface area contributed by atoms with Gasteiger partial charge in [-0.1, -0.05) is 52.3 Å². The summed E-state index contributed by atoms with van der Waals surface area (Å²) in [6.07, 6.45) is 4.44. The maximum Gasteiger partial charge on any atom is 0.313 e. The summed E-state index contributed by atoms with van der Waals surface area (Å²) >= 11 is 0. The van der Waals surface area contributed by atoms with Gasteiger partial charge in [0.25, 0.3) is 0 Å². The van der Waals surface area contributed by atoms with Gasteiger partial charge in [0, 0.05) is 18.8 Å². The topological polar surface area (TPSA) is 49.4 Å². The van der Waals surface area contributed by atoms with E-state index in [-0.39, 0.29) is 0 Å². The highest BCUT2D eigenvalue weighted by Crippen LogP contribution is 2.22. The molecule has 1 rings (SSSR count). The van der Waals surface area contributed by atoms with Crippen molar-refractivity contribution in [2.24, 2.45) is 0 Å². The highest BCUT2D eigenvalue weighted by atomic mass is 16.2. The molecule has 0 radical (unpaired) electrons. The molecule has 0 spiro atoms. The average molecular weight is 318 g/mol. The molecule has 0 fully saturated rings. The Labute approximate surface area is 140 Å². The number of aryl methyl sites for hydroxylation is 2. The first kappa shape index (κ1) is 19.2. The van der Waals surface area contributed by atoms with Crippen LogP contribution >= 0.6 is 0 Å². The van der Waals surface area contributed by atoms with Gasteiger partial charge >= 0.3 is 11.8 Å². The second-order valence-electron chi connectivity index (χ2n) is 5.76. The zero-order chi connectivity index (χ0) is 17.2. The number of unbranched alkanes of at least 4 members (excludes halogenated alkanes) is 1. The van der Waals surface area contributed by atoms with E-state index in [2.05, 4.69) is 26.1 Å². The van der Waals surface area contributed by atoms with Gasteiger partial charge in [-0.3, -0.25) is 9.59 Å². The number of nitrogens with zero attached hydrogens (tertiary/aromatic N) is 1. The number of nitrogens with one attached hydrogen (secondary N) is 1. The Hall–Kier alpha value is -1.84. The first-order chi connectivity index (χ1) is 11.1. The second-order valence-corrected chi connectivity index (χ2v) is 5.76. The van der Waals surface area contributed by atoms with Crippen LogP contribution in [0, 0.1) is 0 Å². The van der Waals surface area contributed by atoms with E-state index >= 15 is 0 Å². The lowest BCUT2D eigenvalue weighted by Crippen LogP contribution is -2.41. The van der Waals surface area contributed by atoms with Crippen LogP contribution in [0.5, 0.6) is 0 Å². The standard InChI is InChI=1S/C19H30N2O2/c1-5-9-14-21(13-6-2)19(23)18(22)20-17-15(7-3)11-10-12-16(17)8-4/h10-12H,5-9,13-14H2,1-4H3,(H,20,22). The first-order valence-corrected chi connectivity index (χ1v) is 8.79. The molecular weight excluding hydrogens is 288 g/mol. The van der Waals surface area contributed by atoms with Gasteiger partial charge in [0.05, 0.1) is 0 Å². The molecule has 0 aliphatic rings. The number of benzene rings is 1. The summed E-state index contributed by atoms with van der Waals surface area (Å²) in [5.74, 6) is -0.946. The first-order valence-electron chi connectivity index (χ1n) is 8.79. The fourth-order valence-electron chi connectivity index (χ4n) is 2.65. The number of carbonyl (C=O) groups excluding carboxylic acids is 2. The third-order valence-corrected chi connectivity index (χ3v) is 3.99. The summed E-state index contributed by atoms with van der Waals surface area (Å²) in [7, 11) is 0. The number of rotatable bonds is 8. The molecule has 2 amide bonds. The maximum atomic E-state index is 12.5. The van der Waals surface area contributed by atoms with E-state index in [1.165, 1.54) is 0 Å². The molecule has 4 heteroatoms. The molecule has 23 heavy (non-hydrogen) atoms. The zero-order valence-corrected chi connectivity index (χ0v) is 14.9. The maximum absolute atomic E-state index is 12.5. The highest BCUT2D eigenvalue weighted by Gasteiger charge is 2.22. The molecule has 128 valence electrons. The number of amides is 2. The Bertz CT molecular complexity index is 504. The van der Waals surface area contributed by atoms with Crippen LogP contribution in [0.1, 0.15) is 58.1 Å². The van der Waals surface area contributed by atoms with Crippen molar-refractivity contribution in [3.63, 3.8) is 0 Å². The molecule has 0 saturated carbocycles. The van der Waals surface area contributed by atoms with Crippen LogP contribution in [0.4, 0.5) is 5.69 Å². The van der Waals surface area contributed by atoms with Crippen LogP contribution in [0.2, 0.25) is 0 Å². The number of anilines is 1. The second kappa shape index (κ2) is 10.0. The number of hydrogen-bond donors (Lipinski definition) is 1. The third-order valence-electron chi connectivity index (χ3n) is 3.99. The Morgan fingerprint density at radius 2 is 1.57 bits per heavy atom. The smallest absolute Gasteiger partial charge is 0.313 e. The van der Waals surface area contributed by atoms with Crippen LogP contribution in [0.3, 0.4) is 0 Å². The lowest BCUT2D eigenvalue weighted by atomic mass is 10.0. The van der Waals surface area contributed by atoms with Crippen molar-refractivity contribution < 1.29 is 9.59 Å². The molecule has 0 unspecified atom stereocenters. The van der Waals surface area contributed by atoms with Gasteiger partial charge in [-0.15, -0.1) is 0 Å². The Morgan fingerprint density at radius 3 is 2.04 bits per heavy atom. The highest BCUT2D eigenvalue weighted by molar-refractivity contribution is 6.39. The van der Waals surface area contributed by atoms with Crippen LogP contribution in [-0.2, 0) is 22.4 Å². The van der Waals surface area contributed by atoms with E-state index < -0.39 is 11.8 Å². The Kier molecular flexibility index (Phi) is 8.38. The molecule has 0 atom stereocenters. The van der Waals surface area contributed by atoms with Crippen LogP contribution in [0.25, 0.3) is 0 Å². The van der Waals surface area contributed by atoms with Crippen LogP contribution in [-0.4, -0.2) is 29.8 Å². The molecule has 1 aromatic carbocycles. The summed E-state index contributed by atoms with van der Waals surface area (Å²) in [4.78, 5) is 26.5. The van der Waals surface area contributed by atoms with Gasteiger partial charge in [-0.25, -0.2) is 0 Å². The molecule has 1 N–H and O–H groups in total. The third kappa shape index (κ3) is 5.38. The minimum Gasteiger partial charge on any atom is -0.334 e. The van der Waals surface area contributed by atoms with E-state index in [1.807, 2.05) is 25.1 Å². The normalized spacial score (nSPS) is 10.4. The Balaban J connectivity index is 2.91. The van der Waals surface area contributed by atoms with Crippen LogP contribution < -0.4 is 5.32 Å². The van der Waals surface area contributed by atoms with E-state index in [4.69, 9.17) is 0 Å². The molecule has 0 aliphatic heterocycles. The van der Waals surface area contributed by atoms with Crippen molar-refractivity contribution in [1.29, 1.82) is 0 Å². The minimum absolute atomic E-state index is 0.423. The van der Waals surface area contributed by atoms with Crippen LogP contribution in [0.15, 0.2) is 18.2 Å². The van der Waals surface area contributed by atoms with Gasteiger partial charge in [0.15, 0.2) is 0 Å². The summed E-state index contributed by atoms with van der Waals surface area (Å²) in [5.41, 5.74) is 2.95. The zero-order valence-electron chi connectivity index (χ0n) is 14.9. The summed E-state index contributed by atoms with van der Waals surface area (Å²) in [5, 5.41) is 2.87. The molecule has 0 bridgehead atoms. The molecule has 0 aliphatic carbocycles. The van der Waals surface area contributed by atoms with Gasteiger partial charge in [0.1, 0.15) is 0 Å². The number of para-hydroxylation sites is 1. The summed E-state index contributed by atoms with van der Waals surface area (Å²) in [6.45, 7) is 9.48. The van der Waals surface area contributed by atoms with E-state index in [1.54, 1.807) is 4.90 Å². The number of carbonyl (C=O) groups is 2. The summed E-state index contributed by atoms with van der Waals surface area (Å²) < 4.78 is 0. The minimum atomic E-state index is -0.523. The predicted molar refractivity (Wildman–Crippen MR) is 95.6 cm³/mol. The fraction of sp³-hybridized carbons (Fsp3) is 0.579. The van der Waals surface area contributed by atoms with Gasteiger partial charge in [-0.05, 0) is 36.8 Å².